The smallest absolute Gasteiger partial charge is 0.259 e. The van der Waals surface area contributed by atoms with Gasteiger partial charge in [-0.05, 0) is 55.8 Å². The second-order valence-electron chi connectivity index (χ2n) is 5.42. The summed E-state index contributed by atoms with van der Waals surface area (Å²) >= 11 is 3.37. The van der Waals surface area contributed by atoms with Gasteiger partial charge in [0.15, 0.2) is 0 Å². The summed E-state index contributed by atoms with van der Waals surface area (Å²) in [7, 11) is 0. The third-order valence-corrected chi connectivity index (χ3v) is 4.25. The van der Waals surface area contributed by atoms with Gasteiger partial charge in [-0.15, -0.1) is 0 Å². The molecule has 0 heterocycles. The Morgan fingerprint density at radius 1 is 1.08 bits per heavy atom. The van der Waals surface area contributed by atoms with Crippen LogP contribution in [0.4, 0.5) is 11.4 Å². The van der Waals surface area contributed by atoms with Crippen molar-refractivity contribution in [1.29, 1.82) is 0 Å². The van der Waals surface area contributed by atoms with Crippen LogP contribution in [0.1, 0.15) is 19.4 Å². The first-order chi connectivity index (χ1) is 12.1. The zero-order chi connectivity index (χ0) is 18.1. The number of anilines is 2. The molecular formula is C19H23BrN4O. The molecule has 0 saturated carbocycles. The Morgan fingerprint density at radius 2 is 1.72 bits per heavy atom. The number of benzene rings is 2. The van der Waals surface area contributed by atoms with Crippen molar-refractivity contribution >= 4 is 39.4 Å². The highest BCUT2D eigenvalue weighted by Gasteiger charge is 2.01. The number of nitrogens with one attached hydrogen (secondary N) is 2. The lowest BCUT2D eigenvalue weighted by Crippen LogP contribution is -2.25. The summed E-state index contributed by atoms with van der Waals surface area (Å²) < 4.78 is 0.999. The number of nitrogens with zero attached hydrogens (tertiary/aromatic N) is 2. The minimum Gasteiger partial charge on any atom is -0.376 e. The van der Waals surface area contributed by atoms with Crippen molar-refractivity contribution in [3.05, 3.63) is 58.6 Å². The Labute approximate surface area is 157 Å². The number of carbonyl (C=O) groups excluding carboxylic acids is 1. The zero-order valence-electron chi connectivity index (χ0n) is 14.5. The molecule has 5 nitrogen and oxygen atoms in total. The first-order valence-corrected chi connectivity index (χ1v) is 9.08. The first-order valence-electron chi connectivity index (χ1n) is 8.28. The molecule has 0 aliphatic heterocycles. The number of halogens is 1. The zero-order valence-corrected chi connectivity index (χ0v) is 16.1. The predicted molar refractivity (Wildman–Crippen MR) is 108 cm³/mol. The molecule has 0 fully saturated rings. The van der Waals surface area contributed by atoms with E-state index in [2.05, 4.69) is 62.7 Å². The van der Waals surface area contributed by atoms with Crippen molar-refractivity contribution < 1.29 is 4.79 Å². The van der Waals surface area contributed by atoms with Gasteiger partial charge in [0.25, 0.3) is 5.91 Å². The summed E-state index contributed by atoms with van der Waals surface area (Å²) in [5, 5.41) is 7.04. The fourth-order valence-corrected chi connectivity index (χ4v) is 2.59. The third-order valence-electron chi connectivity index (χ3n) is 3.72. The van der Waals surface area contributed by atoms with Crippen molar-refractivity contribution in [3.63, 3.8) is 0 Å². The lowest BCUT2D eigenvalue weighted by atomic mass is 10.2. The van der Waals surface area contributed by atoms with Gasteiger partial charge in [-0.25, -0.2) is 5.43 Å². The number of carbonyl (C=O) groups is 1. The molecule has 0 saturated heterocycles. The highest BCUT2D eigenvalue weighted by molar-refractivity contribution is 9.10. The normalized spacial score (nSPS) is 10.7. The molecular weight excluding hydrogens is 380 g/mol. The van der Waals surface area contributed by atoms with E-state index in [9.17, 15) is 4.79 Å². The maximum atomic E-state index is 11.8. The van der Waals surface area contributed by atoms with Crippen LogP contribution in [-0.2, 0) is 4.79 Å². The summed E-state index contributed by atoms with van der Waals surface area (Å²) in [5.41, 5.74) is 5.53. The number of hydrazone groups is 1. The lowest BCUT2D eigenvalue weighted by Gasteiger charge is -2.20. The van der Waals surface area contributed by atoms with E-state index in [1.807, 2.05) is 36.4 Å². The van der Waals surface area contributed by atoms with E-state index in [0.717, 1.165) is 28.8 Å². The summed E-state index contributed by atoms with van der Waals surface area (Å²) in [5.74, 6) is -0.195. The summed E-state index contributed by atoms with van der Waals surface area (Å²) in [6, 6.07) is 15.7. The van der Waals surface area contributed by atoms with Crippen LogP contribution in [0, 0.1) is 0 Å². The van der Waals surface area contributed by atoms with Gasteiger partial charge in [0.1, 0.15) is 0 Å². The van der Waals surface area contributed by atoms with Gasteiger partial charge in [0.05, 0.1) is 12.8 Å². The average Bonchev–Trinajstić information content (AvgIpc) is 2.63. The Kier molecular flexibility index (Phi) is 7.47. The monoisotopic (exact) mass is 402 g/mol. The molecule has 0 aliphatic rings. The van der Waals surface area contributed by atoms with Crippen LogP contribution in [-0.4, -0.2) is 31.8 Å². The molecule has 25 heavy (non-hydrogen) atoms. The minimum atomic E-state index is -0.195. The van der Waals surface area contributed by atoms with Gasteiger partial charge in [-0.2, -0.15) is 5.10 Å². The second kappa shape index (κ2) is 9.84. The van der Waals surface area contributed by atoms with Crippen molar-refractivity contribution in [2.45, 2.75) is 13.8 Å². The van der Waals surface area contributed by atoms with Crippen LogP contribution in [0.15, 0.2) is 58.1 Å². The Balaban J connectivity index is 1.79. The van der Waals surface area contributed by atoms with Crippen LogP contribution >= 0.6 is 15.9 Å². The van der Waals surface area contributed by atoms with E-state index in [1.54, 1.807) is 6.21 Å². The molecule has 2 N–H and O–H groups in total. The fourth-order valence-electron chi connectivity index (χ4n) is 2.33. The highest BCUT2D eigenvalue weighted by atomic mass is 79.9. The molecule has 0 radical (unpaired) electrons. The molecule has 1 amide bonds. The van der Waals surface area contributed by atoms with Crippen molar-refractivity contribution in [1.82, 2.24) is 5.43 Å². The second-order valence-corrected chi connectivity index (χ2v) is 6.33. The Hall–Kier alpha value is -2.34. The number of hydrogen-bond acceptors (Lipinski definition) is 4. The molecule has 6 heteroatoms. The lowest BCUT2D eigenvalue weighted by molar-refractivity contribution is -0.119. The van der Waals surface area contributed by atoms with Crippen LogP contribution < -0.4 is 15.6 Å². The van der Waals surface area contributed by atoms with Gasteiger partial charge in [-0.3, -0.25) is 4.79 Å². The molecule has 0 aliphatic carbocycles. The molecule has 2 aromatic rings. The van der Waals surface area contributed by atoms with Crippen LogP contribution in [0.25, 0.3) is 0 Å². The topological polar surface area (TPSA) is 56.7 Å². The largest absolute Gasteiger partial charge is 0.376 e. The van der Waals surface area contributed by atoms with Crippen molar-refractivity contribution in [2.24, 2.45) is 5.10 Å². The summed E-state index contributed by atoms with van der Waals surface area (Å²) in [6.07, 6.45) is 1.64. The SMILES string of the molecule is CCN(CC)c1ccc(/C=N\NC(=O)CNc2ccc(Br)cc2)cc1. The van der Waals surface area contributed by atoms with E-state index < -0.39 is 0 Å². The first kappa shape index (κ1) is 19.0. The maximum Gasteiger partial charge on any atom is 0.259 e. The van der Waals surface area contributed by atoms with E-state index in [-0.39, 0.29) is 12.5 Å². The quantitative estimate of drug-likeness (QED) is 0.520. The number of rotatable bonds is 8. The van der Waals surface area contributed by atoms with Crippen molar-refractivity contribution in [2.75, 3.05) is 29.9 Å². The van der Waals surface area contributed by atoms with E-state index in [0.29, 0.717) is 0 Å². The fraction of sp³-hybridized carbons (Fsp3) is 0.263. The molecule has 0 bridgehead atoms. The van der Waals surface area contributed by atoms with Gasteiger partial charge >= 0.3 is 0 Å². The predicted octanol–water partition coefficient (Wildman–Crippen LogP) is 3.86. The van der Waals surface area contributed by atoms with E-state index in [1.165, 1.54) is 5.69 Å². The maximum absolute atomic E-state index is 11.8. The Morgan fingerprint density at radius 3 is 2.32 bits per heavy atom. The summed E-state index contributed by atoms with van der Waals surface area (Å²) in [4.78, 5) is 14.1. The van der Waals surface area contributed by atoms with Gasteiger partial charge < -0.3 is 10.2 Å². The van der Waals surface area contributed by atoms with Crippen LogP contribution in [0.5, 0.6) is 0 Å². The van der Waals surface area contributed by atoms with Crippen molar-refractivity contribution in [3.8, 4) is 0 Å². The van der Waals surface area contributed by atoms with Crippen LogP contribution in [0.2, 0.25) is 0 Å². The summed E-state index contributed by atoms with van der Waals surface area (Å²) in [6.45, 7) is 6.39. The number of amides is 1. The Bertz CT molecular complexity index is 694. The van der Waals surface area contributed by atoms with Gasteiger partial charge in [-0.1, -0.05) is 28.1 Å². The number of hydrogen-bond donors (Lipinski definition) is 2. The molecule has 0 aromatic heterocycles. The standard InChI is InChI=1S/C19H23BrN4O/c1-3-24(4-2)18-11-5-15(6-12-18)13-22-23-19(25)14-21-17-9-7-16(20)8-10-17/h5-13,21H,3-4,14H2,1-2H3,(H,23,25)/b22-13-. The molecule has 132 valence electrons. The highest BCUT2D eigenvalue weighted by Crippen LogP contribution is 2.14. The van der Waals surface area contributed by atoms with E-state index in [4.69, 9.17) is 0 Å². The molecule has 0 spiro atoms. The van der Waals surface area contributed by atoms with Gasteiger partial charge in [0, 0.05) is 28.9 Å². The van der Waals surface area contributed by atoms with Crippen LogP contribution in [0.3, 0.4) is 0 Å². The molecule has 0 atom stereocenters. The molecule has 0 unspecified atom stereocenters. The molecule has 2 aromatic carbocycles. The third kappa shape index (κ3) is 6.23. The van der Waals surface area contributed by atoms with E-state index >= 15 is 0 Å². The molecule has 2 rings (SSSR count). The minimum absolute atomic E-state index is 0.167. The average molecular weight is 403 g/mol. The van der Waals surface area contributed by atoms with Gasteiger partial charge in [0.2, 0.25) is 0 Å².